The van der Waals surface area contributed by atoms with Crippen LogP contribution in [0, 0.1) is 18.8 Å². The van der Waals surface area contributed by atoms with Crippen molar-refractivity contribution in [2.45, 2.75) is 44.4 Å². The van der Waals surface area contributed by atoms with E-state index in [1.807, 2.05) is 6.92 Å². The molecule has 0 unspecified atom stereocenters. The number of likely N-dealkylation sites (tertiary alicyclic amines) is 1. The number of piperidine rings is 2. The van der Waals surface area contributed by atoms with E-state index in [9.17, 15) is 18.0 Å². The van der Waals surface area contributed by atoms with Crippen LogP contribution in [0.4, 0.5) is 0 Å². The molecule has 8 heteroatoms. The van der Waals surface area contributed by atoms with Gasteiger partial charge in [0.25, 0.3) is 0 Å². The van der Waals surface area contributed by atoms with Gasteiger partial charge in [-0.05, 0) is 51.7 Å². The van der Waals surface area contributed by atoms with Crippen LogP contribution in [-0.4, -0.2) is 62.3 Å². The minimum absolute atomic E-state index is 0.00360. The fourth-order valence-corrected chi connectivity index (χ4v) is 5.60. The average Bonchev–Trinajstić information content (AvgIpc) is 2.74. The van der Waals surface area contributed by atoms with Crippen LogP contribution in [0.15, 0.2) is 29.2 Å². The number of amides is 1. The zero-order chi connectivity index (χ0) is 21.0. The Balaban J connectivity index is 1.61. The van der Waals surface area contributed by atoms with Gasteiger partial charge in [0.05, 0.1) is 23.3 Å². The minimum Gasteiger partial charge on any atom is -0.466 e. The van der Waals surface area contributed by atoms with E-state index in [4.69, 9.17) is 4.74 Å². The van der Waals surface area contributed by atoms with Crippen molar-refractivity contribution in [2.24, 2.45) is 11.8 Å². The first-order chi connectivity index (χ1) is 13.8. The highest BCUT2D eigenvalue weighted by atomic mass is 32.2. The SMILES string of the molecule is CCOC(=O)C1CCN(C(=O)[C@@H]2CCCN(S(=O)(=O)c3ccc(C)cc3)C2)CC1. The Bertz CT molecular complexity index is 829. The third-order valence-electron chi connectivity index (χ3n) is 5.82. The summed E-state index contributed by atoms with van der Waals surface area (Å²) in [5.74, 6) is -0.671. The molecule has 160 valence electrons. The van der Waals surface area contributed by atoms with Crippen LogP contribution in [0.2, 0.25) is 0 Å². The molecule has 3 rings (SSSR count). The largest absolute Gasteiger partial charge is 0.466 e. The number of carbonyl (C=O) groups excluding carboxylic acids is 2. The fourth-order valence-electron chi connectivity index (χ4n) is 4.08. The average molecular weight is 423 g/mol. The van der Waals surface area contributed by atoms with Gasteiger partial charge >= 0.3 is 5.97 Å². The van der Waals surface area contributed by atoms with E-state index >= 15 is 0 Å². The van der Waals surface area contributed by atoms with Crippen LogP contribution in [-0.2, 0) is 24.3 Å². The Morgan fingerprint density at radius 1 is 1.03 bits per heavy atom. The van der Waals surface area contributed by atoms with Gasteiger partial charge in [-0.1, -0.05) is 17.7 Å². The van der Waals surface area contributed by atoms with Crippen molar-refractivity contribution < 1.29 is 22.7 Å². The van der Waals surface area contributed by atoms with Crippen molar-refractivity contribution in [1.29, 1.82) is 0 Å². The zero-order valence-corrected chi connectivity index (χ0v) is 18.0. The van der Waals surface area contributed by atoms with Crippen molar-refractivity contribution in [3.63, 3.8) is 0 Å². The zero-order valence-electron chi connectivity index (χ0n) is 17.2. The van der Waals surface area contributed by atoms with Gasteiger partial charge in [0.1, 0.15) is 0 Å². The molecule has 1 aromatic carbocycles. The lowest BCUT2D eigenvalue weighted by molar-refractivity contribution is -0.152. The number of nitrogens with zero attached hydrogens (tertiary/aromatic N) is 2. The molecule has 0 spiro atoms. The Morgan fingerprint density at radius 2 is 1.69 bits per heavy atom. The second kappa shape index (κ2) is 9.26. The summed E-state index contributed by atoms with van der Waals surface area (Å²) in [7, 11) is -3.60. The molecule has 2 heterocycles. The molecule has 2 saturated heterocycles. The number of sulfonamides is 1. The number of hydrogen-bond acceptors (Lipinski definition) is 5. The molecule has 7 nitrogen and oxygen atoms in total. The predicted molar refractivity (Wildman–Crippen MR) is 109 cm³/mol. The normalized spacial score (nSPS) is 21.7. The van der Waals surface area contributed by atoms with E-state index in [-0.39, 0.29) is 35.2 Å². The summed E-state index contributed by atoms with van der Waals surface area (Å²) in [6.07, 6.45) is 2.56. The second-order valence-electron chi connectivity index (χ2n) is 7.87. The van der Waals surface area contributed by atoms with Gasteiger partial charge in [0, 0.05) is 26.2 Å². The van der Waals surface area contributed by atoms with Gasteiger partial charge in [-0.25, -0.2) is 8.42 Å². The number of ether oxygens (including phenoxy) is 1. The number of esters is 1. The number of aryl methyl sites for hydroxylation is 1. The first-order valence-corrected chi connectivity index (χ1v) is 11.8. The Morgan fingerprint density at radius 3 is 2.31 bits per heavy atom. The number of rotatable bonds is 5. The van der Waals surface area contributed by atoms with Gasteiger partial charge in [0.2, 0.25) is 15.9 Å². The summed E-state index contributed by atoms with van der Waals surface area (Å²) >= 11 is 0. The maximum Gasteiger partial charge on any atom is 0.309 e. The summed E-state index contributed by atoms with van der Waals surface area (Å²) in [6.45, 7) is 5.75. The van der Waals surface area contributed by atoms with Gasteiger partial charge in [-0.3, -0.25) is 9.59 Å². The maximum absolute atomic E-state index is 13.0. The number of carbonyl (C=O) groups is 2. The summed E-state index contributed by atoms with van der Waals surface area (Å²) < 4.78 is 32.5. The van der Waals surface area contributed by atoms with Crippen molar-refractivity contribution in [1.82, 2.24) is 9.21 Å². The van der Waals surface area contributed by atoms with Crippen LogP contribution in [0.1, 0.15) is 38.2 Å². The van der Waals surface area contributed by atoms with Crippen LogP contribution in [0.5, 0.6) is 0 Å². The van der Waals surface area contributed by atoms with E-state index in [0.717, 1.165) is 5.56 Å². The highest BCUT2D eigenvalue weighted by Crippen LogP contribution is 2.27. The first-order valence-electron chi connectivity index (χ1n) is 10.3. The van der Waals surface area contributed by atoms with E-state index in [0.29, 0.717) is 51.9 Å². The van der Waals surface area contributed by atoms with Gasteiger partial charge in [0.15, 0.2) is 0 Å². The quantitative estimate of drug-likeness (QED) is 0.679. The fraction of sp³-hybridized carbons (Fsp3) is 0.619. The third-order valence-corrected chi connectivity index (χ3v) is 7.70. The molecule has 0 saturated carbocycles. The lowest BCUT2D eigenvalue weighted by Crippen LogP contribution is -2.49. The molecule has 1 aromatic rings. The molecule has 1 atom stereocenters. The molecule has 0 bridgehead atoms. The predicted octanol–water partition coefficient (Wildman–Crippen LogP) is 2.20. The van der Waals surface area contributed by atoms with Gasteiger partial charge in [-0.15, -0.1) is 0 Å². The monoisotopic (exact) mass is 422 g/mol. The summed E-state index contributed by atoms with van der Waals surface area (Å²) in [5, 5.41) is 0. The van der Waals surface area contributed by atoms with Crippen LogP contribution < -0.4 is 0 Å². The number of hydrogen-bond donors (Lipinski definition) is 0. The van der Waals surface area contributed by atoms with Crippen molar-refractivity contribution >= 4 is 21.9 Å². The van der Waals surface area contributed by atoms with Crippen LogP contribution >= 0.6 is 0 Å². The van der Waals surface area contributed by atoms with E-state index in [2.05, 4.69) is 0 Å². The third kappa shape index (κ3) is 4.98. The minimum atomic E-state index is -3.60. The lowest BCUT2D eigenvalue weighted by atomic mass is 9.93. The van der Waals surface area contributed by atoms with Crippen molar-refractivity contribution in [3.05, 3.63) is 29.8 Å². The molecule has 0 N–H and O–H groups in total. The highest BCUT2D eigenvalue weighted by Gasteiger charge is 2.36. The topological polar surface area (TPSA) is 84.0 Å². The molecule has 2 fully saturated rings. The van der Waals surface area contributed by atoms with Crippen LogP contribution in [0.3, 0.4) is 0 Å². The molecule has 0 aliphatic carbocycles. The Labute approximate surface area is 173 Å². The maximum atomic E-state index is 13.0. The highest BCUT2D eigenvalue weighted by molar-refractivity contribution is 7.89. The Kier molecular flexibility index (Phi) is 6.95. The van der Waals surface area contributed by atoms with Crippen molar-refractivity contribution in [3.8, 4) is 0 Å². The molecular formula is C21H30N2O5S. The summed E-state index contributed by atoms with van der Waals surface area (Å²) in [6, 6.07) is 6.81. The lowest BCUT2D eigenvalue weighted by Gasteiger charge is -2.37. The standard InChI is InChI=1S/C21H30N2O5S/c1-3-28-21(25)17-10-13-22(14-11-17)20(24)18-5-4-12-23(15-18)29(26,27)19-8-6-16(2)7-9-19/h6-9,17-18H,3-5,10-15H2,1-2H3/t18-/m1/s1. The molecule has 2 aliphatic rings. The molecule has 1 amide bonds. The summed E-state index contributed by atoms with van der Waals surface area (Å²) in [5.41, 5.74) is 1.00. The molecule has 29 heavy (non-hydrogen) atoms. The van der Waals surface area contributed by atoms with E-state index in [1.165, 1.54) is 4.31 Å². The molecule has 2 aliphatic heterocycles. The number of benzene rings is 1. The van der Waals surface area contributed by atoms with E-state index < -0.39 is 10.0 Å². The van der Waals surface area contributed by atoms with Crippen LogP contribution in [0.25, 0.3) is 0 Å². The van der Waals surface area contributed by atoms with Crippen molar-refractivity contribution in [2.75, 3.05) is 32.8 Å². The molecule has 0 aromatic heterocycles. The molecular weight excluding hydrogens is 392 g/mol. The first kappa shape index (κ1) is 21.8. The Hall–Kier alpha value is -1.93. The van der Waals surface area contributed by atoms with E-state index in [1.54, 1.807) is 36.1 Å². The van der Waals surface area contributed by atoms with Gasteiger partial charge < -0.3 is 9.64 Å². The molecule has 0 radical (unpaired) electrons. The summed E-state index contributed by atoms with van der Waals surface area (Å²) in [4.78, 5) is 26.9. The van der Waals surface area contributed by atoms with Gasteiger partial charge in [-0.2, -0.15) is 4.31 Å². The second-order valence-corrected chi connectivity index (χ2v) is 9.80. The smallest absolute Gasteiger partial charge is 0.309 e.